The number of ketones is 1. The van der Waals surface area contributed by atoms with Gasteiger partial charge in [0.05, 0.1) is 18.2 Å². The fourth-order valence-corrected chi connectivity index (χ4v) is 4.88. The second-order valence-electron chi connectivity index (χ2n) is 9.51. The van der Waals surface area contributed by atoms with Gasteiger partial charge in [-0.3, -0.25) is 14.6 Å². The third-order valence-corrected chi connectivity index (χ3v) is 6.75. The lowest BCUT2D eigenvalue weighted by molar-refractivity contribution is -0.140. The molecule has 3 aromatic rings. The highest BCUT2D eigenvalue weighted by Gasteiger charge is 2.46. The second-order valence-corrected chi connectivity index (χ2v) is 9.51. The number of pyridine rings is 1. The molecule has 1 fully saturated rings. The molecule has 190 valence electrons. The van der Waals surface area contributed by atoms with Crippen LogP contribution in [-0.2, 0) is 22.6 Å². The standard InChI is InChI=1S/C30H30N2O5/c1-3-4-14-36-24-10-7-21(8-11-24)27-26(28(33)22-9-12-25-23(16-22)15-19(2)37-25)29(34)30(35)32(27)18-20-6-5-13-31-17-20/h5-13,16-17,19,27,33H,3-4,14-15,18H2,1-2H3/t19-,27+/m1/s1. The number of carbonyl (C=O) groups excluding carboxylic acids is 2. The fourth-order valence-electron chi connectivity index (χ4n) is 4.88. The lowest BCUT2D eigenvalue weighted by atomic mass is 9.94. The van der Waals surface area contributed by atoms with Crippen LogP contribution in [0.2, 0.25) is 0 Å². The van der Waals surface area contributed by atoms with Gasteiger partial charge in [0.1, 0.15) is 23.4 Å². The maximum Gasteiger partial charge on any atom is 0.295 e. The molecule has 3 heterocycles. The predicted molar refractivity (Wildman–Crippen MR) is 139 cm³/mol. The zero-order valence-electron chi connectivity index (χ0n) is 21.0. The first-order valence-corrected chi connectivity index (χ1v) is 12.7. The molecule has 0 aliphatic carbocycles. The molecular formula is C30H30N2O5. The Morgan fingerprint density at radius 1 is 1.16 bits per heavy atom. The summed E-state index contributed by atoms with van der Waals surface area (Å²) < 4.78 is 11.6. The Balaban J connectivity index is 1.56. The van der Waals surface area contributed by atoms with Crippen LogP contribution in [-0.4, -0.2) is 39.4 Å². The molecule has 1 aromatic heterocycles. The third-order valence-electron chi connectivity index (χ3n) is 6.75. The summed E-state index contributed by atoms with van der Waals surface area (Å²) in [6.45, 7) is 4.89. The van der Waals surface area contributed by atoms with Gasteiger partial charge in [-0.15, -0.1) is 0 Å². The van der Waals surface area contributed by atoms with Gasteiger partial charge in [-0.25, -0.2) is 0 Å². The SMILES string of the molecule is CCCCOc1ccc([C@H]2C(=C(O)c3ccc4c(c3)C[C@@H](C)O4)C(=O)C(=O)N2Cc2cccnc2)cc1. The Hall–Kier alpha value is -4.13. The number of aliphatic hydroxyl groups is 1. The molecular weight excluding hydrogens is 468 g/mol. The van der Waals surface area contributed by atoms with Gasteiger partial charge in [0.15, 0.2) is 0 Å². The van der Waals surface area contributed by atoms with Crippen molar-refractivity contribution >= 4 is 17.4 Å². The first-order valence-electron chi connectivity index (χ1n) is 12.7. The van der Waals surface area contributed by atoms with Gasteiger partial charge in [-0.1, -0.05) is 31.5 Å². The highest BCUT2D eigenvalue weighted by molar-refractivity contribution is 6.46. The fraction of sp³-hybridized carbons (Fsp3) is 0.300. The first-order chi connectivity index (χ1) is 18.0. The highest BCUT2D eigenvalue weighted by Crippen LogP contribution is 2.41. The zero-order valence-corrected chi connectivity index (χ0v) is 21.0. The van der Waals surface area contributed by atoms with Gasteiger partial charge in [-0.05, 0) is 66.4 Å². The number of benzene rings is 2. The Morgan fingerprint density at radius 2 is 1.97 bits per heavy atom. The molecule has 0 saturated carbocycles. The quantitative estimate of drug-likeness (QED) is 0.199. The summed E-state index contributed by atoms with van der Waals surface area (Å²) in [6, 6.07) is 15.6. The Bertz CT molecular complexity index is 1330. The number of aliphatic hydroxyl groups excluding tert-OH is 1. The minimum Gasteiger partial charge on any atom is -0.507 e. The van der Waals surface area contributed by atoms with Crippen molar-refractivity contribution in [3.8, 4) is 11.5 Å². The van der Waals surface area contributed by atoms with E-state index in [0.29, 0.717) is 29.9 Å². The van der Waals surface area contributed by atoms with Gasteiger partial charge in [0, 0.05) is 30.9 Å². The number of ether oxygens (including phenoxy) is 2. The van der Waals surface area contributed by atoms with Crippen LogP contribution in [0.3, 0.4) is 0 Å². The van der Waals surface area contributed by atoms with Crippen LogP contribution in [0, 0.1) is 0 Å². The van der Waals surface area contributed by atoms with E-state index in [1.807, 2.05) is 43.3 Å². The summed E-state index contributed by atoms with van der Waals surface area (Å²) in [5, 5.41) is 11.4. The first kappa shape index (κ1) is 24.6. The van der Waals surface area contributed by atoms with E-state index in [1.165, 1.54) is 4.90 Å². The third kappa shape index (κ3) is 4.94. The summed E-state index contributed by atoms with van der Waals surface area (Å²) in [5.41, 5.74) is 3.02. The Labute approximate surface area is 216 Å². The van der Waals surface area contributed by atoms with Crippen LogP contribution < -0.4 is 9.47 Å². The maximum atomic E-state index is 13.4. The molecule has 1 amide bonds. The van der Waals surface area contributed by atoms with Gasteiger partial charge in [-0.2, -0.15) is 0 Å². The number of carbonyl (C=O) groups is 2. The lowest BCUT2D eigenvalue weighted by Gasteiger charge is -2.25. The second kappa shape index (κ2) is 10.5. The van der Waals surface area contributed by atoms with Crippen molar-refractivity contribution < 1.29 is 24.2 Å². The number of nitrogens with zero attached hydrogens (tertiary/aromatic N) is 2. The van der Waals surface area contributed by atoms with E-state index in [-0.39, 0.29) is 24.0 Å². The molecule has 5 rings (SSSR count). The van der Waals surface area contributed by atoms with Crippen LogP contribution >= 0.6 is 0 Å². The maximum absolute atomic E-state index is 13.4. The molecule has 2 aliphatic rings. The number of aromatic nitrogens is 1. The smallest absolute Gasteiger partial charge is 0.295 e. The largest absolute Gasteiger partial charge is 0.507 e. The van der Waals surface area contributed by atoms with Crippen LogP contribution in [0.15, 0.2) is 72.6 Å². The number of fused-ring (bicyclic) bond motifs is 1. The van der Waals surface area contributed by atoms with Crippen molar-refractivity contribution in [1.29, 1.82) is 0 Å². The molecule has 0 bridgehead atoms. The van der Waals surface area contributed by atoms with E-state index in [9.17, 15) is 14.7 Å². The van der Waals surface area contributed by atoms with Crippen LogP contribution in [0.25, 0.3) is 5.76 Å². The molecule has 0 unspecified atom stereocenters. The molecule has 1 N–H and O–H groups in total. The Kier molecular flexibility index (Phi) is 6.95. The number of hydrogen-bond donors (Lipinski definition) is 1. The van der Waals surface area contributed by atoms with Gasteiger partial charge in [0.2, 0.25) is 0 Å². The van der Waals surface area contributed by atoms with Gasteiger partial charge < -0.3 is 19.5 Å². The number of hydrogen-bond acceptors (Lipinski definition) is 6. The van der Waals surface area contributed by atoms with E-state index in [1.54, 1.807) is 30.6 Å². The van der Waals surface area contributed by atoms with Crippen molar-refractivity contribution in [2.24, 2.45) is 0 Å². The van der Waals surface area contributed by atoms with E-state index in [4.69, 9.17) is 9.47 Å². The van der Waals surface area contributed by atoms with Crippen molar-refractivity contribution in [3.05, 3.63) is 94.8 Å². The number of amides is 1. The van der Waals surface area contributed by atoms with Crippen LogP contribution in [0.1, 0.15) is 55.0 Å². The summed E-state index contributed by atoms with van der Waals surface area (Å²) in [7, 11) is 0. The summed E-state index contributed by atoms with van der Waals surface area (Å²) >= 11 is 0. The molecule has 2 atom stereocenters. The average molecular weight is 499 g/mol. The minimum atomic E-state index is -0.756. The molecule has 2 aliphatic heterocycles. The monoisotopic (exact) mass is 498 g/mol. The number of rotatable bonds is 8. The molecule has 0 spiro atoms. The molecule has 2 aromatic carbocycles. The highest BCUT2D eigenvalue weighted by atomic mass is 16.5. The summed E-state index contributed by atoms with van der Waals surface area (Å²) in [4.78, 5) is 32.3. The summed E-state index contributed by atoms with van der Waals surface area (Å²) in [6.07, 6.45) is 6.09. The number of Topliss-reactive ketones (excluding diaryl/α,β-unsaturated/α-hetero) is 1. The molecule has 7 heteroatoms. The number of unbranched alkanes of at least 4 members (excludes halogenated alkanes) is 1. The van der Waals surface area contributed by atoms with Crippen LogP contribution in [0.5, 0.6) is 11.5 Å². The van der Waals surface area contributed by atoms with Gasteiger partial charge in [0.25, 0.3) is 11.7 Å². The summed E-state index contributed by atoms with van der Waals surface area (Å²) in [5.74, 6) is -0.0651. The number of likely N-dealkylation sites (tertiary alicyclic amines) is 1. The zero-order chi connectivity index (χ0) is 25.9. The van der Waals surface area contributed by atoms with Crippen LogP contribution in [0.4, 0.5) is 0 Å². The normalized spacial score (nSPS) is 20.1. The average Bonchev–Trinajstić information content (AvgIpc) is 3.40. The minimum absolute atomic E-state index is 0.0514. The van der Waals surface area contributed by atoms with Crippen molar-refractivity contribution in [3.63, 3.8) is 0 Å². The van der Waals surface area contributed by atoms with Crippen molar-refractivity contribution in [1.82, 2.24) is 9.88 Å². The van der Waals surface area contributed by atoms with E-state index in [0.717, 1.165) is 29.7 Å². The Morgan fingerprint density at radius 3 is 2.70 bits per heavy atom. The van der Waals surface area contributed by atoms with Gasteiger partial charge >= 0.3 is 0 Å². The van der Waals surface area contributed by atoms with Crippen molar-refractivity contribution in [2.75, 3.05) is 6.61 Å². The van der Waals surface area contributed by atoms with E-state index < -0.39 is 17.7 Å². The topological polar surface area (TPSA) is 89.0 Å². The molecule has 7 nitrogen and oxygen atoms in total. The molecule has 1 saturated heterocycles. The molecule has 0 radical (unpaired) electrons. The van der Waals surface area contributed by atoms with Crippen molar-refractivity contribution in [2.45, 2.75) is 51.8 Å². The molecule has 37 heavy (non-hydrogen) atoms. The predicted octanol–water partition coefficient (Wildman–Crippen LogP) is 5.21. The lowest BCUT2D eigenvalue weighted by Crippen LogP contribution is -2.29. The van der Waals surface area contributed by atoms with E-state index >= 15 is 0 Å². The van der Waals surface area contributed by atoms with E-state index in [2.05, 4.69) is 11.9 Å².